The van der Waals surface area contributed by atoms with Crippen molar-refractivity contribution < 1.29 is 9.59 Å². The molecule has 0 radical (unpaired) electrons. The summed E-state index contributed by atoms with van der Waals surface area (Å²) in [7, 11) is 0. The summed E-state index contributed by atoms with van der Waals surface area (Å²) in [5.41, 5.74) is 3.14. The fourth-order valence-electron chi connectivity index (χ4n) is 2.76. The largest absolute Gasteiger partial charge is 0.356 e. The normalized spacial score (nSPS) is 14.0. The smallest absolute Gasteiger partial charge is 0.251 e. The zero-order valence-corrected chi connectivity index (χ0v) is 13.9. The minimum atomic E-state index is -0.131. The Bertz CT molecular complexity index is 578. The Labute approximate surface area is 138 Å². The van der Waals surface area contributed by atoms with E-state index in [9.17, 15) is 9.59 Å². The summed E-state index contributed by atoms with van der Waals surface area (Å²) in [6, 6.07) is 7.43. The molecule has 0 spiro atoms. The first kappa shape index (κ1) is 17.3. The number of rotatable bonds is 7. The highest BCUT2D eigenvalue weighted by molar-refractivity contribution is 5.94. The Hall–Kier alpha value is -2.10. The fourth-order valence-corrected chi connectivity index (χ4v) is 2.76. The summed E-state index contributed by atoms with van der Waals surface area (Å²) in [5, 5.41) is 5.71. The van der Waals surface area contributed by atoms with Gasteiger partial charge in [-0.15, -0.1) is 0 Å². The van der Waals surface area contributed by atoms with Crippen LogP contribution in [0.25, 0.3) is 0 Å². The van der Waals surface area contributed by atoms with E-state index in [1.54, 1.807) is 6.07 Å². The molecule has 0 aromatic heterocycles. The Balaban J connectivity index is 1.61. The van der Waals surface area contributed by atoms with Crippen LogP contribution in [0.3, 0.4) is 0 Å². The van der Waals surface area contributed by atoms with Crippen LogP contribution in [-0.4, -0.2) is 24.9 Å². The molecule has 2 amide bonds. The molecule has 2 N–H and O–H groups in total. The highest BCUT2D eigenvalue weighted by Crippen LogP contribution is 2.19. The van der Waals surface area contributed by atoms with E-state index in [4.69, 9.17) is 0 Å². The first-order chi connectivity index (χ1) is 11.1. The quantitative estimate of drug-likeness (QED) is 0.760. The van der Waals surface area contributed by atoms with Gasteiger partial charge < -0.3 is 10.6 Å². The first-order valence-corrected chi connectivity index (χ1v) is 8.44. The van der Waals surface area contributed by atoms with Crippen LogP contribution in [0.15, 0.2) is 35.9 Å². The van der Waals surface area contributed by atoms with Crippen LogP contribution in [0.1, 0.15) is 54.4 Å². The van der Waals surface area contributed by atoms with Crippen molar-refractivity contribution in [1.29, 1.82) is 0 Å². The molecule has 0 aliphatic heterocycles. The third-order valence-electron chi connectivity index (χ3n) is 4.07. The summed E-state index contributed by atoms with van der Waals surface area (Å²) < 4.78 is 0. The minimum absolute atomic E-state index is 0.00838. The molecule has 0 heterocycles. The lowest BCUT2D eigenvalue weighted by Crippen LogP contribution is -2.31. The van der Waals surface area contributed by atoms with E-state index in [2.05, 4.69) is 16.7 Å². The van der Waals surface area contributed by atoms with E-state index in [0.29, 0.717) is 25.1 Å². The van der Waals surface area contributed by atoms with Crippen LogP contribution in [0.4, 0.5) is 0 Å². The van der Waals surface area contributed by atoms with E-state index in [0.717, 1.165) is 12.0 Å². The van der Waals surface area contributed by atoms with Crippen molar-refractivity contribution in [2.24, 2.45) is 0 Å². The van der Waals surface area contributed by atoms with Gasteiger partial charge in [0.05, 0.1) is 0 Å². The highest BCUT2D eigenvalue weighted by atomic mass is 16.2. The van der Waals surface area contributed by atoms with Crippen molar-refractivity contribution in [2.45, 2.75) is 45.4 Å². The number of carbonyl (C=O) groups excluding carboxylic acids is 2. The fraction of sp³-hybridized carbons (Fsp3) is 0.474. The zero-order valence-electron chi connectivity index (χ0n) is 13.9. The second-order valence-corrected chi connectivity index (χ2v) is 6.08. The SMILES string of the molecule is Cc1cccc(C(=O)NCCC(=O)NCCC2=CCCCC2)c1. The molecular weight excluding hydrogens is 288 g/mol. The van der Waals surface area contributed by atoms with Crippen molar-refractivity contribution >= 4 is 11.8 Å². The molecular formula is C19H26N2O2. The molecule has 1 aromatic carbocycles. The van der Waals surface area contributed by atoms with Crippen LogP contribution < -0.4 is 10.6 Å². The maximum absolute atomic E-state index is 11.9. The summed E-state index contributed by atoms with van der Waals surface area (Å²) >= 11 is 0. The standard InChI is InChI=1S/C19H26N2O2/c1-15-6-5-9-17(14-15)19(23)21-13-11-18(22)20-12-10-16-7-3-2-4-8-16/h5-7,9,14H,2-4,8,10-13H2,1H3,(H,20,22)(H,21,23). The predicted molar refractivity (Wildman–Crippen MR) is 92.3 cm³/mol. The Morgan fingerprint density at radius 1 is 1.13 bits per heavy atom. The van der Waals surface area contributed by atoms with Gasteiger partial charge in [-0.25, -0.2) is 0 Å². The van der Waals surface area contributed by atoms with Crippen LogP contribution in [0.5, 0.6) is 0 Å². The number of hydrogen-bond donors (Lipinski definition) is 2. The number of aryl methyl sites for hydroxylation is 1. The van der Waals surface area contributed by atoms with Crippen LogP contribution >= 0.6 is 0 Å². The summed E-state index contributed by atoms with van der Waals surface area (Å²) in [4.78, 5) is 23.7. The lowest BCUT2D eigenvalue weighted by molar-refractivity contribution is -0.120. The Morgan fingerprint density at radius 2 is 2.00 bits per heavy atom. The molecule has 0 fully saturated rings. The van der Waals surface area contributed by atoms with Crippen molar-refractivity contribution in [3.8, 4) is 0 Å². The Kier molecular flexibility index (Phi) is 6.85. The molecule has 0 saturated heterocycles. The number of benzene rings is 1. The number of carbonyl (C=O) groups is 2. The number of allylic oxidation sites excluding steroid dienone is 1. The number of amides is 2. The number of hydrogen-bond acceptors (Lipinski definition) is 2. The van der Waals surface area contributed by atoms with E-state index in [1.807, 2.05) is 25.1 Å². The molecule has 0 bridgehead atoms. The van der Waals surface area contributed by atoms with Gasteiger partial charge in [-0.2, -0.15) is 0 Å². The summed E-state index contributed by atoms with van der Waals surface area (Å²) in [5.74, 6) is -0.139. The van der Waals surface area contributed by atoms with Gasteiger partial charge in [-0.05, 0) is 51.2 Å². The topological polar surface area (TPSA) is 58.2 Å². The van der Waals surface area contributed by atoms with Crippen molar-refractivity contribution in [1.82, 2.24) is 10.6 Å². The summed E-state index contributed by atoms with van der Waals surface area (Å²) in [6.07, 6.45) is 8.47. The van der Waals surface area contributed by atoms with Gasteiger partial charge in [-0.1, -0.05) is 29.3 Å². The van der Waals surface area contributed by atoms with Crippen molar-refractivity contribution in [3.05, 3.63) is 47.0 Å². The number of nitrogens with one attached hydrogen (secondary N) is 2. The van der Waals surface area contributed by atoms with Gasteiger partial charge in [0, 0.05) is 25.1 Å². The lowest BCUT2D eigenvalue weighted by atomic mass is 9.97. The molecule has 4 heteroatoms. The monoisotopic (exact) mass is 314 g/mol. The predicted octanol–water partition coefficient (Wildman–Crippen LogP) is 3.12. The van der Waals surface area contributed by atoms with E-state index in [-0.39, 0.29) is 11.8 Å². The third-order valence-corrected chi connectivity index (χ3v) is 4.07. The Morgan fingerprint density at radius 3 is 2.74 bits per heavy atom. The summed E-state index contributed by atoms with van der Waals surface area (Å²) in [6.45, 7) is 3.00. The second-order valence-electron chi connectivity index (χ2n) is 6.08. The van der Waals surface area contributed by atoms with E-state index in [1.165, 1.54) is 31.3 Å². The van der Waals surface area contributed by atoms with Gasteiger partial charge >= 0.3 is 0 Å². The molecule has 2 rings (SSSR count). The van der Waals surface area contributed by atoms with E-state index < -0.39 is 0 Å². The highest BCUT2D eigenvalue weighted by Gasteiger charge is 2.07. The average molecular weight is 314 g/mol. The van der Waals surface area contributed by atoms with Crippen LogP contribution in [0, 0.1) is 6.92 Å². The van der Waals surface area contributed by atoms with E-state index >= 15 is 0 Å². The second kappa shape index (κ2) is 9.13. The zero-order chi connectivity index (χ0) is 16.5. The molecule has 1 aromatic rings. The van der Waals surface area contributed by atoms with Crippen LogP contribution in [0.2, 0.25) is 0 Å². The average Bonchev–Trinajstić information content (AvgIpc) is 2.56. The maximum Gasteiger partial charge on any atom is 0.251 e. The minimum Gasteiger partial charge on any atom is -0.356 e. The van der Waals surface area contributed by atoms with Gasteiger partial charge in [0.1, 0.15) is 0 Å². The van der Waals surface area contributed by atoms with Crippen LogP contribution in [-0.2, 0) is 4.79 Å². The molecule has 124 valence electrons. The molecule has 0 atom stereocenters. The molecule has 4 nitrogen and oxygen atoms in total. The first-order valence-electron chi connectivity index (χ1n) is 8.44. The molecule has 0 saturated carbocycles. The molecule has 1 aliphatic carbocycles. The lowest BCUT2D eigenvalue weighted by Gasteiger charge is -2.13. The molecule has 1 aliphatic rings. The van der Waals surface area contributed by atoms with Crippen molar-refractivity contribution in [2.75, 3.05) is 13.1 Å². The van der Waals surface area contributed by atoms with Gasteiger partial charge in [-0.3, -0.25) is 9.59 Å². The maximum atomic E-state index is 11.9. The van der Waals surface area contributed by atoms with Gasteiger partial charge in [0.2, 0.25) is 5.91 Å². The van der Waals surface area contributed by atoms with Gasteiger partial charge in [0.25, 0.3) is 5.91 Å². The molecule has 0 unspecified atom stereocenters. The van der Waals surface area contributed by atoms with Crippen molar-refractivity contribution in [3.63, 3.8) is 0 Å². The third kappa shape index (κ3) is 6.27. The molecule has 23 heavy (non-hydrogen) atoms. The van der Waals surface area contributed by atoms with Gasteiger partial charge in [0.15, 0.2) is 0 Å².